The van der Waals surface area contributed by atoms with Crippen LogP contribution in [0.25, 0.3) is 0 Å². The van der Waals surface area contributed by atoms with E-state index >= 15 is 0 Å². The van der Waals surface area contributed by atoms with Crippen LogP contribution in [0.3, 0.4) is 0 Å². The highest BCUT2D eigenvalue weighted by Crippen LogP contribution is 2.23. The molecule has 0 aromatic carbocycles. The Balaban J connectivity index is 2.41. The van der Waals surface area contributed by atoms with Crippen LogP contribution in [0.4, 0.5) is 0 Å². The first-order chi connectivity index (χ1) is 8.82. The maximum absolute atomic E-state index is 12.4. The molecule has 1 aliphatic heterocycles. The van der Waals surface area contributed by atoms with E-state index in [1.807, 2.05) is 11.8 Å². The van der Waals surface area contributed by atoms with Gasteiger partial charge in [0.2, 0.25) is 5.91 Å². The molecule has 0 spiro atoms. The molecule has 1 rings (SSSR count). The lowest BCUT2D eigenvalue weighted by Crippen LogP contribution is -2.37. The summed E-state index contributed by atoms with van der Waals surface area (Å²) < 4.78 is 0. The molecule has 0 bridgehead atoms. The van der Waals surface area contributed by atoms with Gasteiger partial charge in [-0.05, 0) is 39.8 Å². The Bertz CT molecular complexity index is 291. The summed E-state index contributed by atoms with van der Waals surface area (Å²) >= 11 is 0. The predicted octanol–water partition coefficient (Wildman–Crippen LogP) is 1.55. The average molecular weight is 269 g/mol. The van der Waals surface area contributed by atoms with Crippen molar-refractivity contribution < 1.29 is 4.79 Å². The fourth-order valence-electron chi connectivity index (χ4n) is 2.98. The van der Waals surface area contributed by atoms with Gasteiger partial charge in [0.1, 0.15) is 0 Å². The Morgan fingerprint density at radius 3 is 2.42 bits per heavy atom. The van der Waals surface area contributed by atoms with Crippen LogP contribution < -0.4 is 5.73 Å². The molecule has 1 aliphatic rings. The zero-order valence-corrected chi connectivity index (χ0v) is 13.2. The SMILES string of the molecule is CC(N)CCCC(C)C(=O)N1CC(C)C(N(C)C)C1. The molecule has 4 nitrogen and oxygen atoms in total. The summed E-state index contributed by atoms with van der Waals surface area (Å²) in [6, 6.07) is 0.743. The molecule has 4 atom stereocenters. The van der Waals surface area contributed by atoms with Gasteiger partial charge in [-0.3, -0.25) is 4.79 Å². The summed E-state index contributed by atoms with van der Waals surface area (Å²) in [5.41, 5.74) is 5.75. The molecule has 2 N–H and O–H groups in total. The third-order valence-electron chi connectivity index (χ3n) is 4.27. The van der Waals surface area contributed by atoms with Crippen molar-refractivity contribution >= 4 is 5.91 Å². The molecule has 1 fully saturated rings. The average Bonchev–Trinajstić information content (AvgIpc) is 2.69. The van der Waals surface area contributed by atoms with Gasteiger partial charge in [-0.15, -0.1) is 0 Å². The Labute approximate surface area is 118 Å². The minimum Gasteiger partial charge on any atom is -0.341 e. The van der Waals surface area contributed by atoms with Gasteiger partial charge in [0.15, 0.2) is 0 Å². The third kappa shape index (κ3) is 4.77. The summed E-state index contributed by atoms with van der Waals surface area (Å²) in [7, 11) is 4.20. The van der Waals surface area contributed by atoms with Gasteiger partial charge < -0.3 is 15.5 Å². The molecule has 112 valence electrons. The van der Waals surface area contributed by atoms with Gasteiger partial charge in [-0.2, -0.15) is 0 Å². The van der Waals surface area contributed by atoms with E-state index in [4.69, 9.17) is 5.73 Å². The van der Waals surface area contributed by atoms with Crippen LogP contribution in [0, 0.1) is 11.8 Å². The number of rotatable bonds is 6. The molecule has 0 aromatic rings. The number of likely N-dealkylation sites (tertiary alicyclic amines) is 1. The van der Waals surface area contributed by atoms with Crippen molar-refractivity contribution in [3.8, 4) is 0 Å². The van der Waals surface area contributed by atoms with Crippen LogP contribution in [-0.2, 0) is 4.79 Å². The van der Waals surface area contributed by atoms with Crippen molar-refractivity contribution in [2.24, 2.45) is 17.6 Å². The first-order valence-electron chi connectivity index (χ1n) is 7.53. The lowest BCUT2D eigenvalue weighted by molar-refractivity contribution is -0.134. The number of carbonyl (C=O) groups excluding carboxylic acids is 1. The Morgan fingerprint density at radius 2 is 1.95 bits per heavy atom. The second-order valence-corrected chi connectivity index (χ2v) is 6.56. The quantitative estimate of drug-likeness (QED) is 0.796. The highest BCUT2D eigenvalue weighted by atomic mass is 16.2. The third-order valence-corrected chi connectivity index (χ3v) is 4.27. The molecule has 0 aromatic heterocycles. The number of hydrogen-bond acceptors (Lipinski definition) is 3. The minimum absolute atomic E-state index is 0.131. The maximum Gasteiger partial charge on any atom is 0.225 e. The van der Waals surface area contributed by atoms with E-state index < -0.39 is 0 Å². The van der Waals surface area contributed by atoms with Crippen molar-refractivity contribution in [1.29, 1.82) is 0 Å². The van der Waals surface area contributed by atoms with E-state index in [0.717, 1.165) is 32.4 Å². The van der Waals surface area contributed by atoms with Crippen LogP contribution in [0.15, 0.2) is 0 Å². The zero-order valence-electron chi connectivity index (χ0n) is 13.2. The highest BCUT2D eigenvalue weighted by Gasteiger charge is 2.34. The minimum atomic E-state index is 0.131. The van der Waals surface area contributed by atoms with Crippen molar-refractivity contribution in [2.75, 3.05) is 27.2 Å². The van der Waals surface area contributed by atoms with Crippen LogP contribution in [-0.4, -0.2) is 55.0 Å². The van der Waals surface area contributed by atoms with E-state index in [-0.39, 0.29) is 12.0 Å². The first kappa shape index (κ1) is 16.4. The second kappa shape index (κ2) is 7.25. The number of nitrogens with zero attached hydrogens (tertiary/aromatic N) is 2. The number of hydrogen-bond donors (Lipinski definition) is 1. The van der Waals surface area contributed by atoms with Crippen molar-refractivity contribution in [2.45, 2.75) is 52.1 Å². The molecule has 1 amide bonds. The molecule has 0 aliphatic carbocycles. The monoisotopic (exact) mass is 269 g/mol. The fraction of sp³-hybridized carbons (Fsp3) is 0.933. The maximum atomic E-state index is 12.4. The summed E-state index contributed by atoms with van der Waals surface area (Å²) in [4.78, 5) is 16.7. The number of amides is 1. The van der Waals surface area contributed by atoms with E-state index in [9.17, 15) is 4.79 Å². The van der Waals surface area contributed by atoms with Crippen molar-refractivity contribution in [3.05, 3.63) is 0 Å². The first-order valence-corrected chi connectivity index (χ1v) is 7.53. The highest BCUT2D eigenvalue weighted by molar-refractivity contribution is 5.78. The van der Waals surface area contributed by atoms with Gasteiger partial charge in [-0.1, -0.05) is 20.3 Å². The number of carbonyl (C=O) groups is 1. The van der Waals surface area contributed by atoms with Crippen LogP contribution >= 0.6 is 0 Å². The summed E-state index contributed by atoms with van der Waals surface area (Å²) in [6.45, 7) is 8.09. The standard InChI is InChI=1S/C15H31N3O/c1-11(7-6-8-13(3)16)15(19)18-9-12(2)14(10-18)17(4)5/h11-14H,6-10,16H2,1-5H3. The Kier molecular flexibility index (Phi) is 6.27. The van der Waals surface area contributed by atoms with Crippen LogP contribution in [0.1, 0.15) is 40.0 Å². The van der Waals surface area contributed by atoms with Gasteiger partial charge in [0, 0.05) is 31.1 Å². The lowest BCUT2D eigenvalue weighted by atomic mass is 10.0. The normalized spacial score (nSPS) is 26.8. The van der Waals surface area contributed by atoms with E-state index in [2.05, 4.69) is 32.8 Å². The molecule has 4 heteroatoms. The van der Waals surface area contributed by atoms with Gasteiger partial charge >= 0.3 is 0 Å². The molecule has 1 saturated heterocycles. The molecular formula is C15H31N3O. The number of likely N-dealkylation sites (N-methyl/N-ethyl adjacent to an activating group) is 1. The van der Waals surface area contributed by atoms with E-state index in [0.29, 0.717) is 17.9 Å². The Hall–Kier alpha value is -0.610. The van der Waals surface area contributed by atoms with Gasteiger partial charge in [0.25, 0.3) is 0 Å². The second-order valence-electron chi connectivity index (χ2n) is 6.56. The fourth-order valence-corrected chi connectivity index (χ4v) is 2.98. The van der Waals surface area contributed by atoms with Crippen molar-refractivity contribution in [1.82, 2.24) is 9.80 Å². The van der Waals surface area contributed by atoms with E-state index in [1.165, 1.54) is 0 Å². The van der Waals surface area contributed by atoms with Crippen LogP contribution in [0.5, 0.6) is 0 Å². The molecular weight excluding hydrogens is 238 g/mol. The molecule has 0 saturated carbocycles. The molecule has 4 unspecified atom stereocenters. The molecule has 19 heavy (non-hydrogen) atoms. The van der Waals surface area contributed by atoms with Crippen molar-refractivity contribution in [3.63, 3.8) is 0 Å². The zero-order chi connectivity index (χ0) is 14.6. The lowest BCUT2D eigenvalue weighted by Gasteiger charge is -2.23. The van der Waals surface area contributed by atoms with E-state index in [1.54, 1.807) is 0 Å². The molecule has 0 radical (unpaired) electrons. The predicted molar refractivity (Wildman–Crippen MR) is 79.9 cm³/mol. The summed E-state index contributed by atoms with van der Waals surface area (Å²) in [5.74, 6) is 1.02. The van der Waals surface area contributed by atoms with Gasteiger partial charge in [-0.25, -0.2) is 0 Å². The largest absolute Gasteiger partial charge is 0.341 e. The summed E-state index contributed by atoms with van der Waals surface area (Å²) in [5, 5.41) is 0. The molecule has 1 heterocycles. The smallest absolute Gasteiger partial charge is 0.225 e. The summed E-state index contributed by atoms with van der Waals surface area (Å²) in [6.07, 6.45) is 3.01. The van der Waals surface area contributed by atoms with Gasteiger partial charge in [0.05, 0.1) is 0 Å². The number of nitrogens with two attached hydrogens (primary N) is 1. The Morgan fingerprint density at radius 1 is 1.32 bits per heavy atom. The topological polar surface area (TPSA) is 49.6 Å². The van der Waals surface area contributed by atoms with Crippen LogP contribution in [0.2, 0.25) is 0 Å².